The number of rotatable bonds is 3. The first kappa shape index (κ1) is 12.5. The maximum Gasteiger partial charge on any atom is 0.220 e. The van der Waals surface area contributed by atoms with Crippen molar-refractivity contribution in [1.82, 2.24) is 4.98 Å². The first-order chi connectivity index (χ1) is 9.74. The van der Waals surface area contributed by atoms with E-state index >= 15 is 0 Å². The summed E-state index contributed by atoms with van der Waals surface area (Å²) in [5, 5.41) is 0. The molecule has 3 rings (SSSR count). The second-order valence-corrected chi connectivity index (χ2v) is 4.63. The average Bonchev–Trinajstić information content (AvgIpc) is 2.87. The maximum atomic E-state index is 5.67. The largest absolute Gasteiger partial charge is 0.497 e. The Morgan fingerprint density at radius 3 is 2.60 bits per heavy atom. The van der Waals surface area contributed by atoms with E-state index in [1.807, 2.05) is 61.5 Å². The van der Waals surface area contributed by atoms with Crippen molar-refractivity contribution in [3.63, 3.8) is 0 Å². The van der Waals surface area contributed by atoms with E-state index in [4.69, 9.17) is 9.15 Å². The third kappa shape index (κ3) is 2.57. The minimum absolute atomic E-state index is 0.612. The van der Waals surface area contributed by atoms with Crippen LogP contribution in [0.2, 0.25) is 0 Å². The summed E-state index contributed by atoms with van der Waals surface area (Å²) in [7, 11) is 1.66. The summed E-state index contributed by atoms with van der Waals surface area (Å²) in [4.78, 5) is 4.44. The lowest BCUT2D eigenvalue weighted by atomic mass is 10.2. The fourth-order valence-electron chi connectivity index (χ4n) is 2.01. The van der Waals surface area contributed by atoms with E-state index in [2.05, 4.69) is 4.98 Å². The van der Waals surface area contributed by atoms with Crippen molar-refractivity contribution >= 4 is 23.3 Å². The van der Waals surface area contributed by atoms with E-state index < -0.39 is 0 Å². The zero-order valence-corrected chi connectivity index (χ0v) is 11.5. The zero-order chi connectivity index (χ0) is 13.9. The lowest BCUT2D eigenvalue weighted by molar-refractivity contribution is 0.415. The predicted molar refractivity (Wildman–Crippen MR) is 80.7 cm³/mol. The van der Waals surface area contributed by atoms with Crippen molar-refractivity contribution in [1.29, 1.82) is 0 Å². The number of hydrogen-bond donors (Lipinski definition) is 0. The molecule has 3 heteroatoms. The fraction of sp³-hybridized carbons (Fsp3) is 0.118. The Hall–Kier alpha value is -2.55. The molecule has 100 valence electrons. The third-order valence-electron chi connectivity index (χ3n) is 3.09. The van der Waals surface area contributed by atoms with Crippen LogP contribution in [0, 0.1) is 6.92 Å². The number of oxazole rings is 1. The lowest BCUT2D eigenvalue weighted by Crippen LogP contribution is -1.81. The van der Waals surface area contributed by atoms with Gasteiger partial charge in [0.2, 0.25) is 5.89 Å². The lowest BCUT2D eigenvalue weighted by Gasteiger charge is -1.98. The zero-order valence-electron chi connectivity index (χ0n) is 11.5. The highest BCUT2D eigenvalue weighted by Gasteiger charge is 2.02. The van der Waals surface area contributed by atoms with E-state index in [1.54, 1.807) is 7.11 Å². The van der Waals surface area contributed by atoms with Gasteiger partial charge in [0.1, 0.15) is 11.3 Å². The molecular weight excluding hydrogens is 250 g/mol. The third-order valence-corrected chi connectivity index (χ3v) is 3.09. The van der Waals surface area contributed by atoms with Gasteiger partial charge in [-0.05, 0) is 48.4 Å². The summed E-state index contributed by atoms with van der Waals surface area (Å²) in [6.07, 6.45) is 3.84. The summed E-state index contributed by atoms with van der Waals surface area (Å²) in [6.45, 7) is 2.04. The van der Waals surface area contributed by atoms with Crippen molar-refractivity contribution in [2.75, 3.05) is 7.11 Å². The molecule has 0 aliphatic carbocycles. The number of nitrogens with zero attached hydrogens (tertiary/aromatic N) is 1. The van der Waals surface area contributed by atoms with E-state index in [1.165, 1.54) is 5.56 Å². The SMILES string of the molecule is COc1ccc(/C=C/c2nc3cc(C)ccc3o2)cc1. The molecule has 0 bridgehead atoms. The highest BCUT2D eigenvalue weighted by molar-refractivity contribution is 5.76. The average molecular weight is 265 g/mol. The predicted octanol–water partition coefficient (Wildman–Crippen LogP) is 4.32. The van der Waals surface area contributed by atoms with Crippen molar-refractivity contribution < 1.29 is 9.15 Å². The van der Waals surface area contributed by atoms with E-state index in [0.29, 0.717) is 5.89 Å². The molecule has 0 atom stereocenters. The molecule has 0 N–H and O–H groups in total. The van der Waals surface area contributed by atoms with Gasteiger partial charge in [-0.3, -0.25) is 0 Å². The molecule has 3 aromatic rings. The summed E-state index contributed by atoms with van der Waals surface area (Å²) in [6, 6.07) is 13.8. The van der Waals surface area contributed by atoms with E-state index in [9.17, 15) is 0 Å². The molecule has 1 aromatic heterocycles. The molecule has 3 nitrogen and oxygen atoms in total. The molecule has 0 saturated heterocycles. The highest BCUT2D eigenvalue weighted by Crippen LogP contribution is 2.19. The topological polar surface area (TPSA) is 35.3 Å². The number of aryl methyl sites for hydroxylation is 1. The number of methoxy groups -OCH3 is 1. The van der Waals surface area contributed by atoms with Crippen molar-refractivity contribution in [2.24, 2.45) is 0 Å². The number of benzene rings is 2. The molecule has 0 spiro atoms. The van der Waals surface area contributed by atoms with Crippen LogP contribution in [0.5, 0.6) is 5.75 Å². The van der Waals surface area contributed by atoms with Gasteiger partial charge < -0.3 is 9.15 Å². The van der Waals surface area contributed by atoms with Gasteiger partial charge in [0.25, 0.3) is 0 Å². The monoisotopic (exact) mass is 265 g/mol. The van der Waals surface area contributed by atoms with Gasteiger partial charge in [-0.25, -0.2) is 4.98 Å². The number of fused-ring (bicyclic) bond motifs is 1. The van der Waals surface area contributed by atoms with Gasteiger partial charge in [0.15, 0.2) is 5.58 Å². The van der Waals surface area contributed by atoms with Crippen LogP contribution in [0.1, 0.15) is 17.0 Å². The maximum absolute atomic E-state index is 5.67. The molecule has 0 radical (unpaired) electrons. The summed E-state index contributed by atoms with van der Waals surface area (Å²) >= 11 is 0. The molecule has 1 heterocycles. The Bertz CT molecular complexity index is 754. The number of aromatic nitrogens is 1. The Kier molecular flexibility index (Phi) is 3.25. The fourth-order valence-corrected chi connectivity index (χ4v) is 2.01. The van der Waals surface area contributed by atoms with Crippen LogP contribution >= 0.6 is 0 Å². The Morgan fingerprint density at radius 2 is 1.85 bits per heavy atom. The van der Waals surface area contributed by atoms with Crippen LogP contribution in [-0.4, -0.2) is 12.1 Å². The van der Waals surface area contributed by atoms with Crippen LogP contribution in [0.3, 0.4) is 0 Å². The van der Waals surface area contributed by atoms with Crippen molar-refractivity contribution in [3.05, 3.63) is 59.5 Å². The van der Waals surface area contributed by atoms with Crippen molar-refractivity contribution in [2.45, 2.75) is 6.92 Å². The summed E-state index contributed by atoms with van der Waals surface area (Å²) in [5.74, 6) is 1.46. The second kappa shape index (κ2) is 5.21. The van der Waals surface area contributed by atoms with Crippen LogP contribution in [0.4, 0.5) is 0 Å². The Labute approximate surface area is 117 Å². The molecule has 2 aromatic carbocycles. The van der Waals surface area contributed by atoms with Crippen LogP contribution in [-0.2, 0) is 0 Å². The molecule has 0 aliphatic rings. The van der Waals surface area contributed by atoms with Crippen LogP contribution in [0.25, 0.3) is 23.3 Å². The van der Waals surface area contributed by atoms with E-state index in [0.717, 1.165) is 22.4 Å². The molecule has 0 saturated carbocycles. The highest BCUT2D eigenvalue weighted by atomic mass is 16.5. The molecule has 0 aliphatic heterocycles. The van der Waals surface area contributed by atoms with Gasteiger partial charge in [-0.2, -0.15) is 0 Å². The molecule has 20 heavy (non-hydrogen) atoms. The quantitative estimate of drug-likeness (QED) is 0.707. The first-order valence-corrected chi connectivity index (χ1v) is 6.44. The Balaban J connectivity index is 1.85. The van der Waals surface area contributed by atoms with Crippen molar-refractivity contribution in [3.8, 4) is 5.75 Å². The minimum atomic E-state index is 0.612. The Morgan fingerprint density at radius 1 is 1.05 bits per heavy atom. The number of hydrogen-bond acceptors (Lipinski definition) is 3. The molecule has 0 amide bonds. The summed E-state index contributed by atoms with van der Waals surface area (Å²) < 4.78 is 10.8. The van der Waals surface area contributed by atoms with E-state index in [-0.39, 0.29) is 0 Å². The molecular formula is C17H15NO2. The van der Waals surface area contributed by atoms with Gasteiger partial charge in [-0.15, -0.1) is 0 Å². The normalized spacial score (nSPS) is 11.3. The molecule has 0 fully saturated rings. The minimum Gasteiger partial charge on any atom is -0.497 e. The first-order valence-electron chi connectivity index (χ1n) is 6.44. The van der Waals surface area contributed by atoms with Gasteiger partial charge in [0.05, 0.1) is 7.11 Å². The van der Waals surface area contributed by atoms with Gasteiger partial charge >= 0.3 is 0 Å². The van der Waals surface area contributed by atoms with Gasteiger partial charge in [-0.1, -0.05) is 18.2 Å². The van der Waals surface area contributed by atoms with Crippen LogP contribution < -0.4 is 4.74 Å². The standard InChI is InChI=1S/C17H15NO2/c1-12-3-9-16-15(11-12)18-17(20-16)10-6-13-4-7-14(19-2)8-5-13/h3-11H,1-2H3/b10-6+. The van der Waals surface area contributed by atoms with Crippen LogP contribution in [0.15, 0.2) is 46.9 Å². The second-order valence-electron chi connectivity index (χ2n) is 4.63. The smallest absolute Gasteiger partial charge is 0.220 e. The number of ether oxygens (including phenoxy) is 1. The summed E-state index contributed by atoms with van der Waals surface area (Å²) in [5.41, 5.74) is 3.95. The van der Waals surface area contributed by atoms with Gasteiger partial charge in [0, 0.05) is 6.08 Å². The molecule has 0 unspecified atom stereocenters.